The number of cyclic esters (lactones) is 1. The Hall–Kier alpha value is -2.12. The summed E-state index contributed by atoms with van der Waals surface area (Å²) < 4.78 is 15.9. The molecular formula is C21H26O7. The molecule has 0 bridgehead atoms. The number of carbonyl (C=O) groups is 2. The summed E-state index contributed by atoms with van der Waals surface area (Å²) in [6.07, 6.45) is 5.33. The second-order valence-electron chi connectivity index (χ2n) is 8.29. The van der Waals surface area contributed by atoms with Gasteiger partial charge in [-0.15, -0.1) is 0 Å². The van der Waals surface area contributed by atoms with Gasteiger partial charge in [-0.3, -0.25) is 4.79 Å². The third-order valence-electron chi connectivity index (χ3n) is 7.33. The van der Waals surface area contributed by atoms with Crippen molar-refractivity contribution in [3.05, 3.63) is 35.8 Å². The molecule has 6 unspecified atom stereocenters. The van der Waals surface area contributed by atoms with Crippen molar-refractivity contribution in [2.45, 2.75) is 44.8 Å². The Morgan fingerprint density at radius 3 is 2.86 bits per heavy atom. The maximum absolute atomic E-state index is 13.3. The molecule has 1 saturated carbocycles. The fraction of sp³-hybridized carbons (Fsp3) is 0.619. The largest absolute Gasteiger partial charge is 0.472 e. The molecule has 0 aromatic carbocycles. The van der Waals surface area contributed by atoms with Gasteiger partial charge >= 0.3 is 11.9 Å². The molecule has 28 heavy (non-hydrogen) atoms. The molecule has 6 atom stereocenters. The number of methoxy groups -OCH3 is 1. The molecule has 2 aliphatic carbocycles. The molecule has 1 aromatic rings. The second-order valence-corrected chi connectivity index (χ2v) is 8.29. The highest BCUT2D eigenvalue weighted by Crippen LogP contribution is 2.65. The highest BCUT2D eigenvalue weighted by atomic mass is 16.6. The molecular weight excluding hydrogens is 364 g/mol. The zero-order chi connectivity index (χ0) is 20.1. The van der Waals surface area contributed by atoms with Gasteiger partial charge in [-0.25, -0.2) is 4.79 Å². The second kappa shape index (κ2) is 6.74. The van der Waals surface area contributed by atoms with E-state index >= 15 is 0 Å². The fourth-order valence-electron chi connectivity index (χ4n) is 5.94. The van der Waals surface area contributed by atoms with Crippen molar-refractivity contribution in [1.82, 2.24) is 0 Å². The van der Waals surface area contributed by atoms with Gasteiger partial charge in [-0.1, -0.05) is 13.0 Å². The summed E-state index contributed by atoms with van der Waals surface area (Å²) in [6, 6.07) is 1.78. The first-order chi connectivity index (χ1) is 13.4. The topological polar surface area (TPSA) is 106 Å². The number of furan rings is 1. The van der Waals surface area contributed by atoms with E-state index in [1.165, 1.54) is 7.11 Å². The maximum Gasteiger partial charge on any atom is 0.334 e. The smallest absolute Gasteiger partial charge is 0.334 e. The molecule has 2 heterocycles. The molecule has 1 saturated heterocycles. The summed E-state index contributed by atoms with van der Waals surface area (Å²) >= 11 is 0. The van der Waals surface area contributed by atoms with Gasteiger partial charge < -0.3 is 24.1 Å². The van der Waals surface area contributed by atoms with E-state index in [0.29, 0.717) is 25.7 Å². The van der Waals surface area contributed by atoms with Gasteiger partial charge in [0, 0.05) is 17.6 Å². The van der Waals surface area contributed by atoms with Crippen LogP contribution in [0.15, 0.2) is 34.7 Å². The normalized spacial score (nSPS) is 40.0. The van der Waals surface area contributed by atoms with Crippen molar-refractivity contribution in [2.75, 3.05) is 13.7 Å². The molecule has 4 rings (SSSR count). The number of rotatable bonds is 3. The maximum atomic E-state index is 13.3. The van der Waals surface area contributed by atoms with Gasteiger partial charge in [0.25, 0.3) is 0 Å². The quantitative estimate of drug-likeness (QED) is 0.762. The predicted octanol–water partition coefficient (Wildman–Crippen LogP) is 2.14. The molecule has 152 valence electrons. The van der Waals surface area contributed by atoms with Gasteiger partial charge in [-0.2, -0.15) is 0 Å². The number of aliphatic hydroxyl groups is 2. The minimum Gasteiger partial charge on any atom is -0.472 e. The third-order valence-corrected chi connectivity index (χ3v) is 7.33. The first-order valence-corrected chi connectivity index (χ1v) is 9.72. The lowest BCUT2D eigenvalue weighted by Gasteiger charge is -2.58. The van der Waals surface area contributed by atoms with E-state index in [0.717, 1.165) is 5.56 Å². The summed E-state index contributed by atoms with van der Waals surface area (Å²) in [5.74, 6) is -1.48. The monoisotopic (exact) mass is 390 g/mol. The zero-order valence-electron chi connectivity index (χ0n) is 16.1. The van der Waals surface area contributed by atoms with Crippen LogP contribution in [0.1, 0.15) is 44.3 Å². The summed E-state index contributed by atoms with van der Waals surface area (Å²) in [4.78, 5) is 25.8. The van der Waals surface area contributed by atoms with Crippen molar-refractivity contribution in [3.63, 3.8) is 0 Å². The van der Waals surface area contributed by atoms with E-state index < -0.39 is 41.5 Å². The van der Waals surface area contributed by atoms with Crippen LogP contribution >= 0.6 is 0 Å². The Morgan fingerprint density at radius 1 is 1.43 bits per heavy atom. The Balaban J connectivity index is 1.82. The SMILES string of the molecule is COC(=O)C1=CCCC2C3(CC(c4ccoc4)OC3=O)C(C)CC(O)C12CO. The van der Waals surface area contributed by atoms with Gasteiger partial charge in [0.2, 0.25) is 0 Å². The highest BCUT2D eigenvalue weighted by Gasteiger charge is 2.69. The van der Waals surface area contributed by atoms with Gasteiger partial charge in [0.05, 0.1) is 43.2 Å². The van der Waals surface area contributed by atoms with E-state index in [1.54, 1.807) is 24.7 Å². The lowest BCUT2D eigenvalue weighted by Crippen LogP contribution is -2.62. The molecule has 7 nitrogen and oxygen atoms in total. The van der Waals surface area contributed by atoms with E-state index in [9.17, 15) is 19.8 Å². The molecule has 1 aromatic heterocycles. The van der Waals surface area contributed by atoms with Crippen LogP contribution in [0.4, 0.5) is 0 Å². The Labute approximate surface area is 163 Å². The van der Waals surface area contributed by atoms with Crippen molar-refractivity contribution in [2.24, 2.45) is 22.7 Å². The molecule has 1 aliphatic heterocycles. The standard InChI is InChI=1S/C21H26O7/c1-12-8-17(23)21(11-22)14(18(24)26-2)4-3-5-16(21)20(12)9-15(28-19(20)25)13-6-7-27-10-13/h4,6-7,10,12,15-17,22-23H,3,5,8-9,11H2,1-2H3. The number of esters is 2. The number of carbonyl (C=O) groups excluding carboxylic acids is 2. The van der Waals surface area contributed by atoms with Crippen molar-refractivity contribution >= 4 is 11.9 Å². The highest BCUT2D eigenvalue weighted by molar-refractivity contribution is 5.91. The summed E-state index contributed by atoms with van der Waals surface area (Å²) in [7, 11) is 1.28. The van der Waals surface area contributed by atoms with Crippen LogP contribution in [0, 0.1) is 22.7 Å². The number of hydrogen-bond donors (Lipinski definition) is 2. The van der Waals surface area contributed by atoms with Crippen LogP contribution in [0.5, 0.6) is 0 Å². The van der Waals surface area contributed by atoms with Crippen LogP contribution in [0.2, 0.25) is 0 Å². The van der Waals surface area contributed by atoms with E-state index in [-0.39, 0.29) is 17.5 Å². The van der Waals surface area contributed by atoms with Crippen LogP contribution in [0.3, 0.4) is 0 Å². The predicted molar refractivity (Wildman–Crippen MR) is 96.7 cm³/mol. The first kappa shape index (κ1) is 19.2. The van der Waals surface area contributed by atoms with E-state index in [2.05, 4.69) is 0 Å². The lowest BCUT2D eigenvalue weighted by molar-refractivity contribution is -0.182. The number of aliphatic hydroxyl groups excluding tert-OH is 2. The van der Waals surface area contributed by atoms with E-state index in [1.807, 2.05) is 6.92 Å². The van der Waals surface area contributed by atoms with Crippen LogP contribution in [0.25, 0.3) is 0 Å². The minimum atomic E-state index is -1.23. The van der Waals surface area contributed by atoms with Crippen molar-refractivity contribution in [3.8, 4) is 0 Å². The fourth-order valence-corrected chi connectivity index (χ4v) is 5.94. The van der Waals surface area contributed by atoms with Crippen LogP contribution in [-0.4, -0.2) is 42.0 Å². The summed E-state index contributed by atoms with van der Waals surface area (Å²) in [5.41, 5.74) is -1.07. The van der Waals surface area contributed by atoms with Crippen molar-refractivity contribution < 1.29 is 33.7 Å². The molecule has 3 aliphatic rings. The average molecular weight is 390 g/mol. The van der Waals surface area contributed by atoms with Gasteiger partial charge in [-0.05, 0) is 37.2 Å². The number of allylic oxidation sites excluding steroid dienone is 1. The van der Waals surface area contributed by atoms with Gasteiger partial charge in [0.15, 0.2) is 0 Å². The first-order valence-electron chi connectivity index (χ1n) is 9.72. The Bertz CT molecular complexity index is 798. The average Bonchev–Trinajstić information content (AvgIpc) is 3.34. The minimum absolute atomic E-state index is 0.159. The van der Waals surface area contributed by atoms with E-state index in [4.69, 9.17) is 13.9 Å². The Morgan fingerprint density at radius 2 is 2.21 bits per heavy atom. The lowest BCUT2D eigenvalue weighted by atomic mass is 9.45. The van der Waals surface area contributed by atoms with Gasteiger partial charge in [0.1, 0.15) is 6.10 Å². The molecule has 7 heteroatoms. The van der Waals surface area contributed by atoms with Crippen LogP contribution in [-0.2, 0) is 19.1 Å². The van der Waals surface area contributed by atoms with Crippen LogP contribution < -0.4 is 0 Å². The van der Waals surface area contributed by atoms with Crippen molar-refractivity contribution in [1.29, 1.82) is 0 Å². The third kappa shape index (κ3) is 2.35. The molecule has 2 N–H and O–H groups in total. The Kier molecular flexibility index (Phi) is 4.62. The number of fused-ring (bicyclic) bond motifs is 2. The zero-order valence-corrected chi connectivity index (χ0v) is 16.1. The molecule has 2 fully saturated rings. The molecule has 1 spiro atoms. The summed E-state index contributed by atoms with van der Waals surface area (Å²) in [5, 5.41) is 21.5. The number of ether oxygens (including phenoxy) is 2. The number of hydrogen-bond acceptors (Lipinski definition) is 7. The molecule has 0 radical (unpaired) electrons. The summed E-state index contributed by atoms with van der Waals surface area (Å²) in [6.45, 7) is 1.51. The molecule has 0 amide bonds.